The first-order valence-electron chi connectivity index (χ1n) is 5.86. The Hall–Kier alpha value is -0.780. The Morgan fingerprint density at radius 1 is 1.44 bits per heavy atom. The monoisotopic (exact) mass is 326 g/mol. The summed E-state index contributed by atoms with van der Waals surface area (Å²) in [6.07, 6.45) is 3.13. The molecule has 0 spiro atoms. The van der Waals surface area contributed by atoms with Crippen LogP contribution >= 0.6 is 27.3 Å². The fourth-order valence-corrected chi connectivity index (χ4v) is 4.00. The third-order valence-corrected chi connectivity index (χ3v) is 5.01. The molecular formula is C13H12BrFN2S. The second-order valence-electron chi connectivity index (χ2n) is 4.45. The largest absolute Gasteiger partial charge is 0.323 e. The van der Waals surface area contributed by atoms with Gasteiger partial charge in [-0.05, 0) is 37.5 Å². The van der Waals surface area contributed by atoms with Gasteiger partial charge in [0.15, 0.2) is 0 Å². The second kappa shape index (κ2) is 4.72. The third kappa shape index (κ3) is 2.11. The fraction of sp³-hybridized carbons (Fsp3) is 0.308. The van der Waals surface area contributed by atoms with Crippen molar-refractivity contribution in [3.05, 3.63) is 39.1 Å². The summed E-state index contributed by atoms with van der Waals surface area (Å²) in [4.78, 5) is 5.85. The van der Waals surface area contributed by atoms with Crippen molar-refractivity contribution in [3.8, 4) is 10.6 Å². The minimum Gasteiger partial charge on any atom is -0.323 e. The van der Waals surface area contributed by atoms with Crippen LogP contribution in [0, 0.1) is 5.82 Å². The summed E-state index contributed by atoms with van der Waals surface area (Å²) >= 11 is 5.07. The van der Waals surface area contributed by atoms with Crippen molar-refractivity contribution >= 4 is 27.3 Å². The van der Waals surface area contributed by atoms with Gasteiger partial charge in [0.2, 0.25) is 0 Å². The van der Waals surface area contributed by atoms with Crippen LogP contribution in [0.4, 0.5) is 4.39 Å². The molecule has 1 atom stereocenters. The van der Waals surface area contributed by atoms with E-state index < -0.39 is 0 Å². The first kappa shape index (κ1) is 12.3. The molecule has 18 heavy (non-hydrogen) atoms. The Morgan fingerprint density at radius 2 is 2.28 bits per heavy atom. The Morgan fingerprint density at radius 3 is 3.06 bits per heavy atom. The molecule has 5 heteroatoms. The van der Waals surface area contributed by atoms with E-state index >= 15 is 0 Å². The maximum absolute atomic E-state index is 13.3. The van der Waals surface area contributed by atoms with Crippen molar-refractivity contribution < 1.29 is 4.39 Å². The molecule has 2 aromatic rings. The van der Waals surface area contributed by atoms with Gasteiger partial charge in [-0.3, -0.25) is 0 Å². The lowest BCUT2D eigenvalue weighted by molar-refractivity contribution is 0.564. The number of nitrogens with zero attached hydrogens (tertiary/aromatic N) is 1. The highest BCUT2D eigenvalue weighted by atomic mass is 79.9. The molecule has 2 nitrogen and oxygen atoms in total. The number of rotatable bonds is 1. The molecule has 3 rings (SSSR count). The van der Waals surface area contributed by atoms with Crippen LogP contribution < -0.4 is 5.73 Å². The Bertz CT molecular complexity index is 597. The molecule has 1 heterocycles. The zero-order valence-electron chi connectivity index (χ0n) is 9.62. The Labute approximate surface area is 117 Å². The highest BCUT2D eigenvalue weighted by molar-refractivity contribution is 9.10. The van der Waals surface area contributed by atoms with E-state index in [0.29, 0.717) is 0 Å². The van der Waals surface area contributed by atoms with E-state index in [-0.39, 0.29) is 11.9 Å². The van der Waals surface area contributed by atoms with Gasteiger partial charge in [0.1, 0.15) is 10.8 Å². The molecule has 1 unspecified atom stereocenters. The molecule has 94 valence electrons. The number of fused-ring (bicyclic) bond motifs is 1. The SMILES string of the molecule is NC1CCCc2sc(-c3cc(F)ccc3Br)nc21. The van der Waals surface area contributed by atoms with E-state index in [0.717, 1.165) is 40.0 Å². The number of hydrogen-bond acceptors (Lipinski definition) is 3. The number of hydrogen-bond donors (Lipinski definition) is 1. The van der Waals surface area contributed by atoms with Crippen LogP contribution in [0.25, 0.3) is 10.6 Å². The zero-order valence-corrected chi connectivity index (χ0v) is 12.0. The van der Waals surface area contributed by atoms with E-state index in [1.54, 1.807) is 17.4 Å². The van der Waals surface area contributed by atoms with Crippen molar-refractivity contribution in [3.63, 3.8) is 0 Å². The van der Waals surface area contributed by atoms with Crippen LogP contribution in [0.3, 0.4) is 0 Å². The van der Waals surface area contributed by atoms with Gasteiger partial charge >= 0.3 is 0 Å². The van der Waals surface area contributed by atoms with Crippen LogP contribution in [-0.2, 0) is 6.42 Å². The van der Waals surface area contributed by atoms with E-state index in [4.69, 9.17) is 5.73 Å². The first-order chi connectivity index (χ1) is 8.65. The molecule has 1 aromatic carbocycles. The van der Waals surface area contributed by atoms with Crippen LogP contribution in [0.15, 0.2) is 22.7 Å². The summed E-state index contributed by atoms with van der Waals surface area (Å²) in [5.74, 6) is -0.245. The molecule has 1 aliphatic carbocycles. The molecule has 0 amide bonds. The van der Waals surface area contributed by atoms with Gasteiger partial charge in [-0.15, -0.1) is 11.3 Å². The van der Waals surface area contributed by atoms with Crippen LogP contribution in [0.5, 0.6) is 0 Å². The second-order valence-corrected chi connectivity index (χ2v) is 6.39. The number of benzene rings is 1. The smallest absolute Gasteiger partial charge is 0.125 e. The Balaban J connectivity index is 2.10. The molecule has 0 saturated heterocycles. The predicted molar refractivity (Wildman–Crippen MR) is 75.1 cm³/mol. The van der Waals surface area contributed by atoms with Gasteiger partial charge in [-0.1, -0.05) is 15.9 Å². The van der Waals surface area contributed by atoms with Crippen LogP contribution in [-0.4, -0.2) is 4.98 Å². The average Bonchev–Trinajstić information content (AvgIpc) is 2.77. The molecule has 2 N–H and O–H groups in total. The summed E-state index contributed by atoms with van der Waals surface area (Å²) < 4.78 is 14.2. The summed E-state index contributed by atoms with van der Waals surface area (Å²) in [5.41, 5.74) is 7.87. The third-order valence-electron chi connectivity index (χ3n) is 3.16. The molecule has 1 aromatic heterocycles. The standard InChI is InChI=1S/C13H12BrFN2S/c14-9-5-4-7(15)6-8(9)13-17-12-10(16)2-1-3-11(12)18-13/h4-6,10H,1-3,16H2. The van der Waals surface area contributed by atoms with Gasteiger partial charge in [-0.2, -0.15) is 0 Å². The number of aryl methyl sites for hydroxylation is 1. The normalized spacial score (nSPS) is 18.7. The van der Waals surface area contributed by atoms with Crippen molar-refractivity contribution in [1.82, 2.24) is 4.98 Å². The molecule has 0 saturated carbocycles. The van der Waals surface area contributed by atoms with Gasteiger partial charge in [0.05, 0.1) is 5.69 Å². The lowest BCUT2D eigenvalue weighted by atomic mass is 9.99. The molecular weight excluding hydrogens is 315 g/mol. The Kier molecular flexibility index (Phi) is 3.21. The van der Waals surface area contributed by atoms with Crippen molar-refractivity contribution in [2.24, 2.45) is 5.73 Å². The summed E-state index contributed by atoms with van der Waals surface area (Å²) in [7, 11) is 0. The van der Waals surface area contributed by atoms with Crippen LogP contribution in [0.2, 0.25) is 0 Å². The van der Waals surface area contributed by atoms with Crippen molar-refractivity contribution in [2.45, 2.75) is 25.3 Å². The van der Waals surface area contributed by atoms with E-state index in [1.165, 1.54) is 17.0 Å². The van der Waals surface area contributed by atoms with E-state index in [2.05, 4.69) is 20.9 Å². The highest BCUT2D eigenvalue weighted by Crippen LogP contribution is 2.38. The number of aromatic nitrogens is 1. The predicted octanol–water partition coefficient (Wildman–Crippen LogP) is 4.05. The minimum absolute atomic E-state index is 0.0334. The summed E-state index contributed by atoms with van der Waals surface area (Å²) in [6, 6.07) is 4.70. The number of halogens is 2. The molecule has 0 bridgehead atoms. The molecule has 0 fully saturated rings. The lowest BCUT2D eigenvalue weighted by Crippen LogP contribution is -2.16. The van der Waals surface area contributed by atoms with E-state index in [1.807, 2.05) is 0 Å². The first-order valence-corrected chi connectivity index (χ1v) is 7.46. The fourth-order valence-electron chi connectivity index (χ4n) is 2.23. The van der Waals surface area contributed by atoms with Crippen molar-refractivity contribution in [2.75, 3.05) is 0 Å². The summed E-state index contributed by atoms with van der Waals surface area (Å²) in [6.45, 7) is 0. The lowest BCUT2D eigenvalue weighted by Gasteiger charge is -2.15. The molecule has 0 radical (unpaired) electrons. The maximum atomic E-state index is 13.3. The summed E-state index contributed by atoms with van der Waals surface area (Å²) in [5, 5.41) is 0.851. The highest BCUT2D eigenvalue weighted by Gasteiger charge is 2.22. The number of thiazole rings is 1. The maximum Gasteiger partial charge on any atom is 0.125 e. The van der Waals surface area contributed by atoms with Gasteiger partial charge in [0.25, 0.3) is 0 Å². The quantitative estimate of drug-likeness (QED) is 0.858. The minimum atomic E-state index is -0.245. The molecule has 1 aliphatic rings. The van der Waals surface area contributed by atoms with Gasteiger partial charge in [-0.25, -0.2) is 9.37 Å². The zero-order chi connectivity index (χ0) is 12.7. The number of nitrogens with two attached hydrogens (primary N) is 1. The van der Waals surface area contributed by atoms with Gasteiger partial charge in [0, 0.05) is 21.0 Å². The van der Waals surface area contributed by atoms with Gasteiger partial charge < -0.3 is 5.73 Å². The molecule has 0 aliphatic heterocycles. The van der Waals surface area contributed by atoms with E-state index in [9.17, 15) is 4.39 Å². The topological polar surface area (TPSA) is 38.9 Å². The average molecular weight is 327 g/mol. The van der Waals surface area contributed by atoms with Crippen LogP contribution in [0.1, 0.15) is 29.5 Å². The van der Waals surface area contributed by atoms with Crippen molar-refractivity contribution in [1.29, 1.82) is 0 Å².